The zero-order valence-electron chi connectivity index (χ0n) is 16.7. The Bertz CT molecular complexity index is 1140. The lowest BCUT2D eigenvalue weighted by molar-refractivity contribution is -0.0190. The molecular weight excluding hydrogens is 376 g/mol. The molecule has 3 aromatic carbocycles. The van der Waals surface area contributed by atoms with Crippen molar-refractivity contribution in [2.45, 2.75) is 32.0 Å². The van der Waals surface area contributed by atoms with E-state index in [9.17, 15) is 0 Å². The third-order valence-corrected chi connectivity index (χ3v) is 6.08. The van der Waals surface area contributed by atoms with Crippen molar-refractivity contribution in [2.75, 3.05) is 6.79 Å². The predicted octanol–water partition coefficient (Wildman–Crippen LogP) is 5.22. The van der Waals surface area contributed by atoms with Crippen LogP contribution in [0, 0.1) is 0 Å². The first-order chi connectivity index (χ1) is 14.8. The fourth-order valence-electron chi connectivity index (χ4n) is 4.42. The SMILES string of the molecule is CCc1ccc([C@@H]2Oc3ccccc3[C@H]3CC(c4ccc5c(c4)OCO5)=NN32)cc1. The van der Waals surface area contributed by atoms with Crippen molar-refractivity contribution in [3.63, 3.8) is 0 Å². The molecule has 0 saturated heterocycles. The van der Waals surface area contributed by atoms with E-state index in [1.165, 1.54) is 11.1 Å². The summed E-state index contributed by atoms with van der Waals surface area (Å²) >= 11 is 0. The quantitative estimate of drug-likeness (QED) is 0.607. The number of hydrazone groups is 1. The van der Waals surface area contributed by atoms with Crippen molar-refractivity contribution in [2.24, 2.45) is 5.10 Å². The number of aryl methyl sites for hydroxylation is 1. The molecule has 3 aliphatic heterocycles. The van der Waals surface area contributed by atoms with Crippen molar-refractivity contribution in [1.82, 2.24) is 5.01 Å². The molecule has 0 aromatic heterocycles. The van der Waals surface area contributed by atoms with Gasteiger partial charge in [0.2, 0.25) is 13.0 Å². The van der Waals surface area contributed by atoms with Crippen molar-refractivity contribution < 1.29 is 14.2 Å². The normalized spacial score (nSPS) is 21.0. The van der Waals surface area contributed by atoms with Gasteiger partial charge in [-0.25, -0.2) is 5.01 Å². The van der Waals surface area contributed by atoms with Gasteiger partial charge in [-0.15, -0.1) is 0 Å². The van der Waals surface area contributed by atoms with Gasteiger partial charge in [0.05, 0.1) is 11.8 Å². The topological polar surface area (TPSA) is 43.3 Å². The van der Waals surface area contributed by atoms with E-state index in [0.717, 1.165) is 46.9 Å². The highest BCUT2D eigenvalue weighted by Gasteiger charge is 2.41. The second kappa shape index (κ2) is 6.80. The Labute approximate surface area is 175 Å². The van der Waals surface area contributed by atoms with Gasteiger partial charge in [0, 0.05) is 23.1 Å². The maximum atomic E-state index is 6.44. The Morgan fingerprint density at radius 3 is 2.63 bits per heavy atom. The van der Waals surface area contributed by atoms with E-state index in [1.54, 1.807) is 0 Å². The molecule has 0 fully saturated rings. The molecule has 30 heavy (non-hydrogen) atoms. The highest BCUT2D eigenvalue weighted by atomic mass is 16.7. The minimum absolute atomic E-state index is 0.145. The average molecular weight is 398 g/mol. The van der Waals surface area contributed by atoms with E-state index in [4.69, 9.17) is 19.3 Å². The van der Waals surface area contributed by atoms with E-state index >= 15 is 0 Å². The first kappa shape index (κ1) is 17.4. The molecule has 3 aliphatic rings. The summed E-state index contributed by atoms with van der Waals surface area (Å²) in [7, 11) is 0. The van der Waals surface area contributed by atoms with Crippen molar-refractivity contribution in [1.29, 1.82) is 0 Å². The number of ether oxygens (including phenoxy) is 3. The lowest BCUT2D eigenvalue weighted by Gasteiger charge is -2.38. The van der Waals surface area contributed by atoms with E-state index < -0.39 is 0 Å². The fraction of sp³-hybridized carbons (Fsp3) is 0.240. The zero-order chi connectivity index (χ0) is 20.1. The van der Waals surface area contributed by atoms with Crippen molar-refractivity contribution in [3.8, 4) is 17.2 Å². The van der Waals surface area contributed by atoms with Crippen molar-refractivity contribution >= 4 is 5.71 Å². The van der Waals surface area contributed by atoms with Gasteiger partial charge in [-0.1, -0.05) is 49.4 Å². The maximum Gasteiger partial charge on any atom is 0.231 e. The minimum atomic E-state index is -0.248. The standard InChI is InChI=1S/C25H22N2O3/c1-2-16-7-9-17(10-8-16)25-27-21(19-5-3-4-6-22(19)30-25)14-20(26-27)18-11-12-23-24(13-18)29-15-28-23/h3-13,21,25H,2,14-15H2,1H3/t21-,25+/m1/s1. The summed E-state index contributed by atoms with van der Waals surface area (Å²) in [5.74, 6) is 2.51. The molecule has 0 unspecified atom stereocenters. The van der Waals surface area contributed by atoms with E-state index in [1.807, 2.05) is 18.2 Å². The first-order valence-corrected chi connectivity index (χ1v) is 10.4. The minimum Gasteiger partial charge on any atom is -0.464 e. The predicted molar refractivity (Wildman–Crippen MR) is 114 cm³/mol. The molecule has 0 spiro atoms. The van der Waals surface area contributed by atoms with Gasteiger partial charge in [-0.3, -0.25) is 0 Å². The molecule has 150 valence electrons. The van der Waals surface area contributed by atoms with Crippen LogP contribution in [0.25, 0.3) is 0 Å². The lowest BCUT2D eigenvalue weighted by atomic mass is 9.95. The molecule has 3 aromatic rings. The molecule has 0 aliphatic carbocycles. The monoisotopic (exact) mass is 398 g/mol. The molecule has 3 heterocycles. The fourth-order valence-corrected chi connectivity index (χ4v) is 4.42. The third-order valence-electron chi connectivity index (χ3n) is 6.08. The van der Waals surface area contributed by atoms with Crippen molar-refractivity contribution in [3.05, 3.63) is 89.0 Å². The molecule has 5 nitrogen and oxygen atoms in total. The summed E-state index contributed by atoms with van der Waals surface area (Å²) in [6.45, 7) is 2.44. The summed E-state index contributed by atoms with van der Waals surface area (Å²) in [5.41, 5.74) is 5.71. The van der Waals surface area contributed by atoms with E-state index in [0.29, 0.717) is 0 Å². The molecule has 0 amide bonds. The summed E-state index contributed by atoms with van der Waals surface area (Å²) in [4.78, 5) is 0. The first-order valence-electron chi connectivity index (χ1n) is 10.4. The Balaban J connectivity index is 1.41. The van der Waals surface area contributed by atoms with Crippen LogP contribution in [-0.4, -0.2) is 17.5 Å². The Morgan fingerprint density at radius 1 is 0.933 bits per heavy atom. The molecular formula is C25H22N2O3. The Hall–Kier alpha value is -3.47. The molecule has 2 atom stereocenters. The van der Waals surface area contributed by atoms with Crippen LogP contribution in [0.3, 0.4) is 0 Å². The summed E-state index contributed by atoms with van der Waals surface area (Å²) in [6, 6.07) is 23.1. The number of rotatable bonds is 3. The van der Waals surface area contributed by atoms with Gasteiger partial charge in [0.15, 0.2) is 11.5 Å². The van der Waals surface area contributed by atoms with Crippen LogP contribution in [0.1, 0.15) is 47.9 Å². The molecule has 0 radical (unpaired) electrons. The second-order valence-corrected chi connectivity index (χ2v) is 7.82. The highest BCUT2D eigenvalue weighted by Crippen LogP contribution is 2.47. The molecule has 5 heteroatoms. The van der Waals surface area contributed by atoms with Crippen LogP contribution < -0.4 is 14.2 Å². The molecule has 0 N–H and O–H groups in total. The number of fused-ring (bicyclic) bond motifs is 4. The number of nitrogens with zero attached hydrogens (tertiary/aromatic N) is 2. The van der Waals surface area contributed by atoms with Gasteiger partial charge >= 0.3 is 0 Å². The molecule has 0 saturated carbocycles. The van der Waals surface area contributed by atoms with Crippen LogP contribution >= 0.6 is 0 Å². The maximum absolute atomic E-state index is 6.44. The highest BCUT2D eigenvalue weighted by molar-refractivity contribution is 6.02. The van der Waals surface area contributed by atoms with Gasteiger partial charge in [0.1, 0.15) is 5.75 Å². The Kier molecular flexibility index (Phi) is 3.94. The van der Waals surface area contributed by atoms with Crippen LogP contribution in [-0.2, 0) is 6.42 Å². The van der Waals surface area contributed by atoms with Crippen LogP contribution in [0.2, 0.25) is 0 Å². The van der Waals surface area contributed by atoms with Gasteiger partial charge < -0.3 is 14.2 Å². The average Bonchev–Trinajstić information content (AvgIpc) is 3.45. The summed E-state index contributed by atoms with van der Waals surface area (Å²) in [6.07, 6.45) is 1.60. The number of hydrogen-bond donors (Lipinski definition) is 0. The smallest absolute Gasteiger partial charge is 0.231 e. The zero-order valence-corrected chi connectivity index (χ0v) is 16.7. The largest absolute Gasteiger partial charge is 0.464 e. The van der Waals surface area contributed by atoms with Gasteiger partial charge in [-0.2, -0.15) is 5.10 Å². The number of para-hydroxylation sites is 1. The number of benzene rings is 3. The molecule has 0 bridgehead atoms. The van der Waals surface area contributed by atoms with Crippen LogP contribution in [0.4, 0.5) is 0 Å². The van der Waals surface area contributed by atoms with E-state index in [-0.39, 0.29) is 19.1 Å². The number of hydrogen-bond acceptors (Lipinski definition) is 5. The van der Waals surface area contributed by atoms with E-state index in [2.05, 4.69) is 60.5 Å². The summed E-state index contributed by atoms with van der Waals surface area (Å²) in [5, 5.41) is 7.15. The van der Waals surface area contributed by atoms with Crippen LogP contribution in [0.5, 0.6) is 17.2 Å². The van der Waals surface area contributed by atoms with Gasteiger partial charge in [-0.05, 0) is 36.2 Å². The Morgan fingerprint density at radius 2 is 1.77 bits per heavy atom. The third kappa shape index (κ3) is 2.73. The van der Waals surface area contributed by atoms with Gasteiger partial charge in [0.25, 0.3) is 0 Å². The molecule has 6 rings (SSSR count). The van der Waals surface area contributed by atoms with Crippen LogP contribution in [0.15, 0.2) is 71.8 Å². The second-order valence-electron chi connectivity index (χ2n) is 7.82. The lowest BCUT2D eigenvalue weighted by Crippen LogP contribution is -2.33. The summed E-state index contributed by atoms with van der Waals surface area (Å²) < 4.78 is 17.5.